The van der Waals surface area contributed by atoms with Crippen molar-refractivity contribution in [1.82, 2.24) is 10.2 Å². The number of rotatable bonds is 3. The average Bonchev–Trinajstić information content (AvgIpc) is 2.87. The molecule has 5 heteroatoms. The Balaban J connectivity index is 1.82. The lowest BCUT2D eigenvalue weighted by molar-refractivity contribution is 0.173. The monoisotopic (exact) mass is 275 g/mol. The van der Waals surface area contributed by atoms with Gasteiger partial charge in [-0.2, -0.15) is 0 Å². The van der Waals surface area contributed by atoms with Gasteiger partial charge < -0.3 is 20.2 Å². The maximum atomic E-state index is 11.6. The van der Waals surface area contributed by atoms with Gasteiger partial charge in [-0.05, 0) is 12.5 Å². The van der Waals surface area contributed by atoms with Crippen molar-refractivity contribution in [1.29, 1.82) is 0 Å². The second kappa shape index (κ2) is 5.32. The van der Waals surface area contributed by atoms with E-state index in [4.69, 9.17) is 0 Å². The second-order valence-electron chi connectivity index (χ2n) is 5.46. The van der Waals surface area contributed by atoms with Crippen LogP contribution in [0.1, 0.15) is 25.0 Å². The van der Waals surface area contributed by atoms with Gasteiger partial charge in [-0.15, -0.1) is 0 Å². The van der Waals surface area contributed by atoms with Crippen LogP contribution >= 0.6 is 0 Å². The molecule has 20 heavy (non-hydrogen) atoms. The van der Waals surface area contributed by atoms with Gasteiger partial charge in [-0.1, -0.05) is 25.1 Å². The van der Waals surface area contributed by atoms with Crippen LogP contribution in [-0.2, 0) is 0 Å². The SMILES string of the molecule is CC[C@@H](O)c1ccccc1N1CCN2C(=O)NCC2C1. The van der Waals surface area contributed by atoms with E-state index in [1.165, 1.54) is 0 Å². The number of carbonyl (C=O) groups is 1. The lowest BCUT2D eigenvalue weighted by Crippen LogP contribution is -2.52. The van der Waals surface area contributed by atoms with E-state index in [0.717, 1.165) is 30.9 Å². The van der Waals surface area contributed by atoms with Crippen LogP contribution in [-0.4, -0.2) is 48.3 Å². The van der Waals surface area contributed by atoms with Crippen molar-refractivity contribution in [2.75, 3.05) is 31.1 Å². The van der Waals surface area contributed by atoms with E-state index in [9.17, 15) is 9.90 Å². The Morgan fingerprint density at radius 2 is 2.20 bits per heavy atom. The summed E-state index contributed by atoms with van der Waals surface area (Å²) < 4.78 is 0. The highest BCUT2D eigenvalue weighted by Crippen LogP contribution is 2.30. The Morgan fingerprint density at radius 1 is 1.40 bits per heavy atom. The van der Waals surface area contributed by atoms with E-state index in [1.54, 1.807) is 0 Å². The fourth-order valence-corrected chi connectivity index (χ4v) is 3.10. The molecule has 0 radical (unpaired) electrons. The van der Waals surface area contributed by atoms with Crippen LogP contribution < -0.4 is 10.2 Å². The molecule has 0 spiro atoms. The van der Waals surface area contributed by atoms with Gasteiger partial charge in [0.05, 0.1) is 12.1 Å². The molecule has 0 aromatic heterocycles. The van der Waals surface area contributed by atoms with Gasteiger partial charge in [-0.3, -0.25) is 0 Å². The van der Waals surface area contributed by atoms with Crippen molar-refractivity contribution < 1.29 is 9.90 Å². The normalized spacial score (nSPS) is 23.5. The van der Waals surface area contributed by atoms with Crippen LogP contribution in [0.2, 0.25) is 0 Å². The molecule has 2 atom stereocenters. The third-order valence-electron chi connectivity index (χ3n) is 4.26. The quantitative estimate of drug-likeness (QED) is 0.875. The Labute approximate surface area is 119 Å². The minimum Gasteiger partial charge on any atom is -0.388 e. The number of carbonyl (C=O) groups excluding carboxylic acids is 1. The highest BCUT2D eigenvalue weighted by atomic mass is 16.3. The number of urea groups is 1. The third kappa shape index (κ3) is 2.22. The van der Waals surface area contributed by atoms with E-state index < -0.39 is 6.10 Å². The minimum absolute atomic E-state index is 0.0523. The number of para-hydroxylation sites is 1. The highest BCUT2D eigenvalue weighted by molar-refractivity contribution is 5.77. The predicted octanol–water partition coefficient (Wildman–Crippen LogP) is 1.34. The summed E-state index contributed by atoms with van der Waals surface area (Å²) in [5.41, 5.74) is 2.08. The number of anilines is 1. The largest absolute Gasteiger partial charge is 0.388 e. The molecule has 3 rings (SSSR count). The molecule has 2 aliphatic heterocycles. The smallest absolute Gasteiger partial charge is 0.317 e. The molecule has 0 bridgehead atoms. The Hall–Kier alpha value is -1.75. The number of nitrogens with one attached hydrogen (secondary N) is 1. The van der Waals surface area contributed by atoms with Crippen LogP contribution in [0.4, 0.5) is 10.5 Å². The minimum atomic E-state index is -0.424. The fourth-order valence-electron chi connectivity index (χ4n) is 3.10. The van der Waals surface area contributed by atoms with Gasteiger partial charge in [0.2, 0.25) is 0 Å². The molecular weight excluding hydrogens is 254 g/mol. The van der Waals surface area contributed by atoms with Crippen LogP contribution in [0.3, 0.4) is 0 Å². The number of piperazine rings is 1. The first-order chi connectivity index (χ1) is 9.70. The topological polar surface area (TPSA) is 55.8 Å². The molecule has 108 valence electrons. The summed E-state index contributed by atoms with van der Waals surface area (Å²) in [6.45, 7) is 5.09. The fraction of sp³-hybridized carbons (Fsp3) is 0.533. The summed E-state index contributed by atoms with van der Waals surface area (Å²) in [6.07, 6.45) is 0.285. The molecule has 2 aliphatic rings. The molecule has 0 aliphatic carbocycles. The van der Waals surface area contributed by atoms with E-state index in [1.807, 2.05) is 30.0 Å². The van der Waals surface area contributed by atoms with Crippen molar-refractivity contribution in [2.24, 2.45) is 0 Å². The maximum absolute atomic E-state index is 11.6. The van der Waals surface area contributed by atoms with Gasteiger partial charge in [0.25, 0.3) is 0 Å². The molecule has 1 aromatic carbocycles. The molecule has 2 fully saturated rings. The summed E-state index contributed by atoms with van der Waals surface area (Å²) in [5, 5.41) is 13.1. The molecule has 5 nitrogen and oxygen atoms in total. The zero-order valence-corrected chi connectivity index (χ0v) is 11.7. The zero-order chi connectivity index (χ0) is 14.1. The number of benzene rings is 1. The Bertz CT molecular complexity index is 506. The predicted molar refractivity (Wildman–Crippen MR) is 77.8 cm³/mol. The molecule has 0 saturated carbocycles. The molecule has 2 N–H and O–H groups in total. The lowest BCUT2D eigenvalue weighted by atomic mass is 10.0. The number of fused-ring (bicyclic) bond motifs is 1. The number of amides is 2. The van der Waals surface area contributed by atoms with Gasteiger partial charge in [0, 0.05) is 37.4 Å². The van der Waals surface area contributed by atoms with Gasteiger partial charge >= 0.3 is 6.03 Å². The van der Waals surface area contributed by atoms with E-state index in [2.05, 4.69) is 16.3 Å². The first kappa shape index (κ1) is 13.2. The molecule has 2 heterocycles. The number of nitrogens with zero attached hydrogens (tertiary/aromatic N) is 2. The first-order valence-electron chi connectivity index (χ1n) is 7.27. The lowest BCUT2D eigenvalue weighted by Gasteiger charge is -2.39. The Kier molecular flexibility index (Phi) is 3.53. The highest BCUT2D eigenvalue weighted by Gasteiger charge is 2.36. The summed E-state index contributed by atoms with van der Waals surface area (Å²) >= 11 is 0. The van der Waals surface area contributed by atoms with Gasteiger partial charge in [0.1, 0.15) is 0 Å². The first-order valence-corrected chi connectivity index (χ1v) is 7.27. The number of aliphatic hydroxyl groups excluding tert-OH is 1. The van der Waals surface area contributed by atoms with E-state index in [-0.39, 0.29) is 12.1 Å². The molecular formula is C15H21N3O2. The van der Waals surface area contributed by atoms with Crippen molar-refractivity contribution in [3.8, 4) is 0 Å². The number of aliphatic hydroxyl groups is 1. The van der Waals surface area contributed by atoms with Gasteiger partial charge in [-0.25, -0.2) is 4.79 Å². The van der Waals surface area contributed by atoms with E-state index >= 15 is 0 Å². The van der Waals surface area contributed by atoms with Gasteiger partial charge in [0.15, 0.2) is 0 Å². The summed E-state index contributed by atoms with van der Waals surface area (Å²) in [7, 11) is 0. The molecule has 1 unspecified atom stereocenters. The van der Waals surface area contributed by atoms with Crippen LogP contribution in [0, 0.1) is 0 Å². The molecule has 1 aromatic rings. The maximum Gasteiger partial charge on any atom is 0.317 e. The van der Waals surface area contributed by atoms with Crippen LogP contribution in [0.5, 0.6) is 0 Å². The summed E-state index contributed by atoms with van der Waals surface area (Å²) in [4.78, 5) is 15.8. The third-order valence-corrected chi connectivity index (χ3v) is 4.26. The van der Waals surface area contributed by atoms with Crippen molar-refractivity contribution in [2.45, 2.75) is 25.5 Å². The Morgan fingerprint density at radius 3 is 3.00 bits per heavy atom. The molecule has 2 saturated heterocycles. The zero-order valence-electron chi connectivity index (χ0n) is 11.7. The van der Waals surface area contributed by atoms with Crippen LogP contribution in [0.25, 0.3) is 0 Å². The summed E-state index contributed by atoms with van der Waals surface area (Å²) in [6, 6.07) is 8.32. The summed E-state index contributed by atoms with van der Waals surface area (Å²) in [5.74, 6) is 0. The average molecular weight is 275 g/mol. The van der Waals surface area contributed by atoms with Crippen molar-refractivity contribution in [3.63, 3.8) is 0 Å². The second-order valence-corrected chi connectivity index (χ2v) is 5.46. The molecule has 2 amide bonds. The number of hydrogen-bond acceptors (Lipinski definition) is 3. The standard InChI is InChI=1S/C15H21N3O2/c1-2-14(19)12-5-3-4-6-13(12)17-7-8-18-11(10-17)9-16-15(18)20/h3-6,11,14,19H,2,7-10H2,1H3,(H,16,20)/t11?,14-/m1/s1. The van der Waals surface area contributed by atoms with Crippen LogP contribution in [0.15, 0.2) is 24.3 Å². The van der Waals surface area contributed by atoms with Crippen molar-refractivity contribution in [3.05, 3.63) is 29.8 Å². The van der Waals surface area contributed by atoms with E-state index in [0.29, 0.717) is 13.0 Å². The van der Waals surface area contributed by atoms with Crippen molar-refractivity contribution >= 4 is 11.7 Å². The number of hydrogen-bond donors (Lipinski definition) is 2.